The van der Waals surface area contributed by atoms with Gasteiger partial charge in [-0.15, -0.1) is 0 Å². The number of nitrogens with zero attached hydrogens (tertiary/aromatic N) is 1. The lowest BCUT2D eigenvalue weighted by Gasteiger charge is -2.11. The first-order chi connectivity index (χ1) is 16.0. The van der Waals surface area contributed by atoms with Crippen LogP contribution in [0.1, 0.15) is 40.4 Å². The molecule has 3 aromatic rings. The first kappa shape index (κ1) is 22.9. The average molecular weight is 461 g/mol. The second kappa shape index (κ2) is 10.1. The minimum absolute atomic E-state index is 0.115. The molecule has 0 spiro atoms. The molecule has 0 fully saturated rings. The van der Waals surface area contributed by atoms with Crippen LogP contribution in [0.2, 0.25) is 0 Å². The number of rotatable bonds is 7. The minimum Gasteiger partial charge on any atom is -0.497 e. The fourth-order valence-electron chi connectivity index (χ4n) is 3.87. The highest BCUT2D eigenvalue weighted by atomic mass is 32.2. The second-order valence-electron chi connectivity index (χ2n) is 7.88. The maximum atomic E-state index is 12.9. The van der Waals surface area contributed by atoms with E-state index < -0.39 is 0 Å². The molecule has 5 nitrogen and oxygen atoms in total. The Morgan fingerprint density at radius 3 is 2.58 bits per heavy atom. The van der Waals surface area contributed by atoms with Crippen LogP contribution in [0.15, 0.2) is 69.4 Å². The van der Waals surface area contributed by atoms with Gasteiger partial charge in [-0.3, -0.25) is 9.79 Å². The number of aryl methyl sites for hydroxylation is 1. The van der Waals surface area contributed by atoms with Gasteiger partial charge in [-0.1, -0.05) is 30.3 Å². The summed E-state index contributed by atoms with van der Waals surface area (Å²) in [6.07, 6.45) is 1.47. The van der Waals surface area contributed by atoms with E-state index in [9.17, 15) is 4.79 Å². The number of carbonyl (C=O) groups is 1. The largest absolute Gasteiger partial charge is 0.497 e. The van der Waals surface area contributed by atoms with Crippen molar-refractivity contribution in [2.75, 3.05) is 20.8 Å². The molecule has 0 radical (unpaired) electrons. The number of carbonyl (C=O) groups excluding carboxylic acids is 1. The van der Waals surface area contributed by atoms with Crippen LogP contribution in [-0.4, -0.2) is 32.4 Å². The van der Waals surface area contributed by atoms with Gasteiger partial charge in [-0.25, -0.2) is 0 Å². The van der Waals surface area contributed by atoms with E-state index >= 15 is 0 Å². The summed E-state index contributed by atoms with van der Waals surface area (Å²) in [5, 5.41) is 3.02. The lowest BCUT2D eigenvalue weighted by Crippen LogP contribution is -2.25. The number of fused-ring (bicyclic) bond motifs is 2. The minimum atomic E-state index is -0.115. The van der Waals surface area contributed by atoms with Crippen LogP contribution < -0.4 is 14.8 Å². The van der Waals surface area contributed by atoms with E-state index in [1.807, 2.05) is 36.4 Å². The number of amides is 1. The van der Waals surface area contributed by atoms with Crippen LogP contribution in [0.5, 0.6) is 11.5 Å². The second-order valence-corrected chi connectivity index (χ2v) is 8.96. The van der Waals surface area contributed by atoms with Crippen LogP contribution in [0, 0.1) is 6.92 Å². The standard InChI is InChI=1S/C27H28N2O3S/c1-5-22-21-14-17(2)6-10-25(21)33-26-11-7-19(16-23(26)29-22)27(30)28-13-12-18-15-20(31-3)8-9-24(18)32-4/h6-11,14-16H,5,12-13H2,1-4H3,(H,28,30). The predicted molar refractivity (Wildman–Crippen MR) is 134 cm³/mol. The van der Waals surface area contributed by atoms with Gasteiger partial charge in [0.15, 0.2) is 0 Å². The summed E-state index contributed by atoms with van der Waals surface area (Å²) in [6.45, 7) is 4.70. The molecule has 33 heavy (non-hydrogen) atoms. The van der Waals surface area contributed by atoms with Crippen LogP contribution in [-0.2, 0) is 6.42 Å². The highest BCUT2D eigenvalue weighted by molar-refractivity contribution is 7.99. The molecule has 1 aliphatic heterocycles. The summed E-state index contributed by atoms with van der Waals surface area (Å²) in [5.41, 5.74) is 5.87. The number of hydrogen-bond acceptors (Lipinski definition) is 5. The summed E-state index contributed by atoms with van der Waals surface area (Å²) >= 11 is 1.70. The van der Waals surface area contributed by atoms with Crippen molar-refractivity contribution in [1.29, 1.82) is 0 Å². The first-order valence-electron chi connectivity index (χ1n) is 11.0. The van der Waals surface area contributed by atoms with Gasteiger partial charge in [0, 0.05) is 33.2 Å². The van der Waals surface area contributed by atoms with Crippen molar-refractivity contribution >= 4 is 29.1 Å². The lowest BCUT2D eigenvalue weighted by atomic mass is 10.0. The van der Waals surface area contributed by atoms with Crippen molar-refractivity contribution in [1.82, 2.24) is 5.32 Å². The van der Waals surface area contributed by atoms with E-state index in [2.05, 4.69) is 37.4 Å². The topological polar surface area (TPSA) is 59.9 Å². The molecule has 0 saturated heterocycles. The van der Waals surface area contributed by atoms with Crippen molar-refractivity contribution in [2.24, 2.45) is 4.99 Å². The molecule has 6 heteroatoms. The zero-order valence-corrected chi connectivity index (χ0v) is 20.2. The first-order valence-corrected chi connectivity index (χ1v) is 11.8. The fraction of sp³-hybridized carbons (Fsp3) is 0.259. The van der Waals surface area contributed by atoms with Crippen molar-refractivity contribution in [3.63, 3.8) is 0 Å². The third-order valence-electron chi connectivity index (χ3n) is 5.64. The molecule has 1 aliphatic rings. The third-order valence-corrected chi connectivity index (χ3v) is 6.79. The van der Waals surface area contributed by atoms with Gasteiger partial charge in [0.2, 0.25) is 0 Å². The Morgan fingerprint density at radius 1 is 1.00 bits per heavy atom. The Balaban J connectivity index is 1.51. The quantitative estimate of drug-likeness (QED) is 0.471. The molecule has 0 aromatic heterocycles. The van der Waals surface area contributed by atoms with Crippen molar-refractivity contribution < 1.29 is 14.3 Å². The van der Waals surface area contributed by atoms with Gasteiger partial charge < -0.3 is 14.8 Å². The number of ether oxygens (including phenoxy) is 2. The van der Waals surface area contributed by atoms with E-state index in [-0.39, 0.29) is 5.91 Å². The molecule has 1 heterocycles. The van der Waals surface area contributed by atoms with Crippen molar-refractivity contribution in [3.05, 3.63) is 76.9 Å². The highest BCUT2D eigenvalue weighted by Gasteiger charge is 2.18. The van der Waals surface area contributed by atoms with E-state index in [4.69, 9.17) is 14.5 Å². The number of nitrogens with one attached hydrogen (secondary N) is 1. The summed E-state index contributed by atoms with van der Waals surface area (Å²) in [4.78, 5) is 20.1. The summed E-state index contributed by atoms with van der Waals surface area (Å²) < 4.78 is 10.7. The molecule has 0 bridgehead atoms. The maximum Gasteiger partial charge on any atom is 0.251 e. The SMILES string of the molecule is CCC1=Nc2cc(C(=O)NCCc3cc(OC)ccc3OC)ccc2Sc2ccc(C)cc21. The molecular weight excluding hydrogens is 432 g/mol. The Morgan fingerprint density at radius 2 is 1.82 bits per heavy atom. The molecule has 1 amide bonds. The maximum absolute atomic E-state index is 12.9. The number of benzene rings is 3. The monoisotopic (exact) mass is 460 g/mol. The fourth-order valence-corrected chi connectivity index (χ4v) is 4.88. The number of hydrogen-bond donors (Lipinski definition) is 1. The molecule has 0 saturated carbocycles. The highest BCUT2D eigenvalue weighted by Crippen LogP contribution is 2.41. The average Bonchev–Trinajstić information content (AvgIpc) is 2.99. The lowest BCUT2D eigenvalue weighted by molar-refractivity contribution is 0.0954. The molecule has 1 N–H and O–H groups in total. The zero-order valence-electron chi connectivity index (χ0n) is 19.4. The summed E-state index contributed by atoms with van der Waals surface area (Å²) in [7, 11) is 3.28. The van der Waals surface area contributed by atoms with Crippen molar-refractivity contribution in [2.45, 2.75) is 36.5 Å². The van der Waals surface area contributed by atoms with Crippen LogP contribution in [0.25, 0.3) is 0 Å². The van der Waals surface area contributed by atoms with Crippen LogP contribution >= 0.6 is 11.8 Å². The van der Waals surface area contributed by atoms with E-state index in [0.29, 0.717) is 18.5 Å². The van der Waals surface area contributed by atoms with Gasteiger partial charge in [0.1, 0.15) is 11.5 Å². The van der Waals surface area contributed by atoms with E-state index in [1.165, 1.54) is 16.0 Å². The Kier molecular flexibility index (Phi) is 7.04. The number of aliphatic imine (C=N–C) groups is 1. The van der Waals surface area contributed by atoms with Crippen LogP contribution in [0.3, 0.4) is 0 Å². The van der Waals surface area contributed by atoms with Gasteiger partial charge in [-0.2, -0.15) is 0 Å². The van der Waals surface area contributed by atoms with Gasteiger partial charge in [0.25, 0.3) is 5.91 Å². The van der Waals surface area contributed by atoms with E-state index in [0.717, 1.165) is 39.8 Å². The zero-order chi connectivity index (χ0) is 23.4. The molecule has 0 atom stereocenters. The Bertz CT molecular complexity index is 1220. The summed E-state index contributed by atoms with van der Waals surface area (Å²) in [5.74, 6) is 1.43. The third kappa shape index (κ3) is 5.06. The molecule has 170 valence electrons. The van der Waals surface area contributed by atoms with Gasteiger partial charge >= 0.3 is 0 Å². The molecule has 0 aliphatic carbocycles. The Hall–Kier alpha value is -3.25. The van der Waals surface area contributed by atoms with E-state index in [1.54, 1.807) is 26.0 Å². The normalized spacial score (nSPS) is 12.2. The molecule has 3 aromatic carbocycles. The summed E-state index contributed by atoms with van der Waals surface area (Å²) in [6, 6.07) is 17.9. The van der Waals surface area contributed by atoms with Gasteiger partial charge in [-0.05, 0) is 73.9 Å². The smallest absolute Gasteiger partial charge is 0.251 e. The molecular formula is C27H28N2O3S. The predicted octanol–water partition coefficient (Wildman–Crippen LogP) is 5.98. The van der Waals surface area contributed by atoms with Crippen molar-refractivity contribution in [3.8, 4) is 11.5 Å². The van der Waals surface area contributed by atoms with Gasteiger partial charge in [0.05, 0.1) is 19.9 Å². The molecule has 0 unspecified atom stereocenters. The Labute approximate surface area is 199 Å². The van der Waals surface area contributed by atoms with Crippen LogP contribution in [0.4, 0.5) is 5.69 Å². The molecule has 4 rings (SSSR count). The number of methoxy groups -OCH3 is 2.